The third-order valence-electron chi connectivity index (χ3n) is 3.51. The molecule has 5 nitrogen and oxygen atoms in total. The molecule has 0 saturated heterocycles. The first-order valence-electron chi connectivity index (χ1n) is 7.77. The molecule has 0 saturated carbocycles. The maximum Gasteiger partial charge on any atom is 0.281 e. The highest BCUT2D eigenvalue weighted by Crippen LogP contribution is 2.16. The zero-order valence-electron chi connectivity index (χ0n) is 13.5. The van der Waals surface area contributed by atoms with Crippen LogP contribution in [0.1, 0.15) is 12.5 Å². The molecule has 3 rings (SSSR count). The number of carbonyl (C=O) groups is 1. The van der Waals surface area contributed by atoms with E-state index in [0.717, 1.165) is 4.68 Å². The molecule has 1 aromatic heterocycles. The second-order valence-electron chi connectivity index (χ2n) is 5.33. The molecule has 0 aliphatic carbocycles. The van der Waals surface area contributed by atoms with E-state index in [1.54, 1.807) is 30.3 Å². The van der Waals surface area contributed by atoms with Gasteiger partial charge in [0.1, 0.15) is 5.82 Å². The Morgan fingerprint density at radius 3 is 2.80 bits per heavy atom. The number of carbonyl (C=O) groups excluding carboxylic acids is 1. The summed E-state index contributed by atoms with van der Waals surface area (Å²) in [5.74, 6) is -0.121. The second kappa shape index (κ2) is 7.48. The van der Waals surface area contributed by atoms with Crippen molar-refractivity contribution in [1.29, 1.82) is 0 Å². The highest BCUT2D eigenvalue weighted by Gasteiger charge is 2.13. The molecule has 2 aromatic carbocycles. The summed E-state index contributed by atoms with van der Waals surface area (Å²) in [6.45, 7) is 1.94. The zero-order valence-corrected chi connectivity index (χ0v) is 14.3. The van der Waals surface area contributed by atoms with Gasteiger partial charge < -0.3 is 0 Å². The van der Waals surface area contributed by atoms with Gasteiger partial charge in [-0.1, -0.05) is 43.0 Å². The van der Waals surface area contributed by atoms with Gasteiger partial charge in [-0.2, -0.15) is 4.68 Å². The molecule has 1 N–H and O–H groups in total. The van der Waals surface area contributed by atoms with Crippen LogP contribution in [0.25, 0.3) is 10.9 Å². The van der Waals surface area contributed by atoms with E-state index in [2.05, 4.69) is 10.4 Å². The molecule has 1 amide bonds. The summed E-state index contributed by atoms with van der Waals surface area (Å²) in [4.78, 5) is 29.5. The minimum Gasteiger partial charge on any atom is -0.273 e. The van der Waals surface area contributed by atoms with E-state index >= 15 is 0 Å². The molecule has 0 aliphatic rings. The van der Waals surface area contributed by atoms with Crippen molar-refractivity contribution < 1.29 is 9.18 Å². The van der Waals surface area contributed by atoms with Crippen LogP contribution in [0, 0.1) is 5.82 Å². The van der Waals surface area contributed by atoms with Crippen molar-refractivity contribution in [3.8, 4) is 0 Å². The lowest BCUT2D eigenvalue weighted by atomic mass is 10.1. The number of nitrogens with zero attached hydrogens (tertiary/aromatic N) is 2. The van der Waals surface area contributed by atoms with Crippen LogP contribution in [0.2, 0.25) is 0 Å². The van der Waals surface area contributed by atoms with Crippen LogP contribution in [0.5, 0.6) is 0 Å². The van der Waals surface area contributed by atoms with Crippen molar-refractivity contribution in [3.63, 3.8) is 0 Å². The Labute approximate surface area is 147 Å². The van der Waals surface area contributed by atoms with E-state index in [9.17, 15) is 14.0 Å². The predicted molar refractivity (Wildman–Crippen MR) is 96.9 cm³/mol. The fourth-order valence-electron chi connectivity index (χ4n) is 2.43. The monoisotopic (exact) mass is 357 g/mol. The number of aromatic nitrogens is 2. The van der Waals surface area contributed by atoms with Gasteiger partial charge in [-0.05, 0) is 35.6 Å². The normalized spacial score (nSPS) is 10.8. The van der Waals surface area contributed by atoms with Crippen LogP contribution in [-0.4, -0.2) is 21.3 Å². The Bertz CT molecular complexity index is 987. The highest BCUT2D eigenvalue weighted by molar-refractivity contribution is 7.99. The number of benzene rings is 2. The molecule has 0 unspecified atom stereocenters. The van der Waals surface area contributed by atoms with Crippen molar-refractivity contribution in [2.75, 3.05) is 11.2 Å². The highest BCUT2D eigenvalue weighted by atomic mass is 32.2. The van der Waals surface area contributed by atoms with Gasteiger partial charge in [0.2, 0.25) is 5.91 Å². The molecule has 0 radical (unpaired) electrons. The van der Waals surface area contributed by atoms with Gasteiger partial charge in [-0.15, -0.1) is 0 Å². The molecule has 0 aliphatic heterocycles. The van der Waals surface area contributed by atoms with E-state index in [4.69, 9.17) is 0 Å². The molecular weight excluding hydrogens is 341 g/mol. The summed E-state index contributed by atoms with van der Waals surface area (Å²) in [6, 6.07) is 12.8. The molecule has 0 spiro atoms. The number of fused-ring (bicyclic) bond motifs is 1. The van der Waals surface area contributed by atoms with E-state index in [0.29, 0.717) is 27.4 Å². The first kappa shape index (κ1) is 17.2. The summed E-state index contributed by atoms with van der Waals surface area (Å²) in [7, 11) is 0. The number of hydrogen-bond donors (Lipinski definition) is 1. The van der Waals surface area contributed by atoms with Crippen LogP contribution in [-0.2, 0) is 11.2 Å². The lowest BCUT2D eigenvalue weighted by Gasteiger charge is -2.13. The van der Waals surface area contributed by atoms with Gasteiger partial charge in [0.05, 0.1) is 17.3 Å². The summed E-state index contributed by atoms with van der Waals surface area (Å²) >= 11 is 1.36. The first-order chi connectivity index (χ1) is 12.1. The molecule has 0 fully saturated rings. The number of para-hydroxylation sites is 1. The fraction of sp³-hybridized carbons (Fsp3) is 0.167. The van der Waals surface area contributed by atoms with E-state index < -0.39 is 11.7 Å². The average molecular weight is 357 g/mol. The fourth-order valence-corrected chi connectivity index (χ4v) is 3.11. The molecule has 1 heterocycles. The van der Waals surface area contributed by atoms with Crippen LogP contribution in [0.3, 0.4) is 0 Å². The van der Waals surface area contributed by atoms with Crippen LogP contribution in [0.15, 0.2) is 58.5 Å². The topological polar surface area (TPSA) is 64.0 Å². The van der Waals surface area contributed by atoms with E-state index in [1.165, 1.54) is 23.9 Å². The van der Waals surface area contributed by atoms with Gasteiger partial charge in [0, 0.05) is 0 Å². The number of rotatable bonds is 5. The van der Waals surface area contributed by atoms with Crippen LogP contribution < -0.4 is 11.0 Å². The van der Waals surface area contributed by atoms with Crippen molar-refractivity contribution in [1.82, 2.24) is 9.66 Å². The van der Waals surface area contributed by atoms with Crippen LogP contribution >= 0.6 is 11.8 Å². The van der Waals surface area contributed by atoms with Crippen molar-refractivity contribution in [3.05, 3.63) is 70.3 Å². The van der Waals surface area contributed by atoms with Crippen molar-refractivity contribution in [2.45, 2.75) is 18.5 Å². The zero-order chi connectivity index (χ0) is 17.8. The van der Waals surface area contributed by atoms with E-state index in [1.807, 2.05) is 13.0 Å². The third kappa shape index (κ3) is 3.88. The summed E-state index contributed by atoms with van der Waals surface area (Å²) in [5, 5.41) is 0.841. The standard InChI is InChI=1S/C18H16FN3O2S/c1-2-25-18-20-15-9-4-3-8-14(15)17(24)22(18)21-16(23)11-12-6-5-7-13(19)10-12/h3-10H,2,11H2,1H3,(H,21,23). The number of thioether (sulfide) groups is 1. The minimum atomic E-state index is -0.414. The van der Waals surface area contributed by atoms with Gasteiger partial charge >= 0.3 is 0 Å². The molecule has 128 valence electrons. The van der Waals surface area contributed by atoms with Crippen molar-refractivity contribution >= 4 is 28.6 Å². The average Bonchev–Trinajstić information content (AvgIpc) is 2.58. The lowest BCUT2D eigenvalue weighted by molar-refractivity contribution is -0.116. The summed E-state index contributed by atoms with van der Waals surface area (Å²) in [6.07, 6.45) is -0.0345. The molecule has 25 heavy (non-hydrogen) atoms. The van der Waals surface area contributed by atoms with E-state index in [-0.39, 0.29) is 12.0 Å². The second-order valence-corrected chi connectivity index (χ2v) is 6.56. The molecule has 7 heteroatoms. The van der Waals surface area contributed by atoms with Crippen LogP contribution in [0.4, 0.5) is 4.39 Å². The summed E-state index contributed by atoms with van der Waals surface area (Å²) in [5.41, 5.74) is 3.36. The van der Waals surface area contributed by atoms with Gasteiger partial charge in [0.15, 0.2) is 5.16 Å². The number of nitrogens with one attached hydrogen (secondary N) is 1. The smallest absolute Gasteiger partial charge is 0.273 e. The van der Waals surface area contributed by atoms with Gasteiger partial charge in [0.25, 0.3) is 5.56 Å². The maximum absolute atomic E-state index is 13.2. The Balaban J connectivity index is 1.94. The SMILES string of the molecule is CCSc1nc2ccccc2c(=O)n1NC(=O)Cc1cccc(F)c1. The summed E-state index contributed by atoms with van der Waals surface area (Å²) < 4.78 is 14.4. The Hall–Kier alpha value is -2.67. The van der Waals surface area contributed by atoms with Gasteiger partial charge in [-0.25, -0.2) is 9.37 Å². The number of amides is 1. The minimum absolute atomic E-state index is 0.0345. The molecule has 3 aromatic rings. The van der Waals surface area contributed by atoms with Crippen molar-refractivity contribution in [2.24, 2.45) is 0 Å². The predicted octanol–water partition coefficient (Wildman–Crippen LogP) is 2.96. The largest absolute Gasteiger partial charge is 0.281 e. The first-order valence-corrected chi connectivity index (χ1v) is 8.76. The quantitative estimate of drug-likeness (QED) is 0.563. The lowest BCUT2D eigenvalue weighted by Crippen LogP contribution is -2.35. The molecular formula is C18H16FN3O2S. The molecule has 0 bridgehead atoms. The molecule has 0 atom stereocenters. The number of hydrogen-bond acceptors (Lipinski definition) is 4. The maximum atomic E-state index is 13.2. The number of halogens is 1. The Kier molecular flexibility index (Phi) is 5.14. The van der Waals surface area contributed by atoms with Gasteiger partial charge in [-0.3, -0.25) is 15.0 Å². The Morgan fingerprint density at radius 1 is 1.24 bits per heavy atom. The third-order valence-corrected chi connectivity index (χ3v) is 4.33. The Morgan fingerprint density at radius 2 is 2.04 bits per heavy atom.